The van der Waals surface area contributed by atoms with Crippen LogP contribution in [0.1, 0.15) is 16.3 Å². The van der Waals surface area contributed by atoms with Gasteiger partial charge < -0.3 is 10.5 Å². The number of nitrogens with zero attached hydrogens (tertiary/aromatic N) is 1. The molecule has 0 amide bonds. The second-order valence-corrected chi connectivity index (χ2v) is 4.53. The summed E-state index contributed by atoms with van der Waals surface area (Å²) in [6.07, 6.45) is 0.617. The maximum atomic E-state index is 13.5. The second-order valence-electron chi connectivity index (χ2n) is 3.58. The van der Waals surface area contributed by atoms with Gasteiger partial charge in [-0.1, -0.05) is 6.07 Å². The number of benzene rings is 1. The van der Waals surface area contributed by atoms with Crippen molar-refractivity contribution >= 4 is 11.3 Å². The number of halogens is 1. The Bertz CT molecular complexity index is 513. The van der Waals surface area contributed by atoms with Crippen molar-refractivity contribution in [1.29, 1.82) is 0 Å². The van der Waals surface area contributed by atoms with Gasteiger partial charge in [0.2, 0.25) is 0 Å². The summed E-state index contributed by atoms with van der Waals surface area (Å²) in [5, 5.41) is 2.87. The quantitative estimate of drug-likeness (QED) is 0.908. The van der Waals surface area contributed by atoms with Gasteiger partial charge in [-0.25, -0.2) is 9.37 Å². The molecule has 3 nitrogen and oxygen atoms in total. The Morgan fingerprint density at radius 3 is 2.88 bits per heavy atom. The van der Waals surface area contributed by atoms with Crippen LogP contribution in [0.4, 0.5) is 4.39 Å². The fourth-order valence-electron chi connectivity index (χ4n) is 1.52. The molecule has 1 aromatic carbocycles. The molecular weight excluding hydrogens is 239 g/mol. The summed E-state index contributed by atoms with van der Waals surface area (Å²) in [6, 6.07) is 4.94. The zero-order valence-corrected chi connectivity index (χ0v) is 10.3. The minimum absolute atomic E-state index is 0.260. The summed E-state index contributed by atoms with van der Waals surface area (Å²) in [4.78, 5) is 4.34. The molecule has 0 fully saturated rings. The molecule has 1 aromatic heterocycles. The molecule has 0 spiro atoms. The van der Waals surface area contributed by atoms with E-state index in [1.165, 1.54) is 24.5 Å². The van der Waals surface area contributed by atoms with E-state index in [4.69, 9.17) is 10.5 Å². The molecule has 2 rings (SSSR count). The van der Waals surface area contributed by atoms with Gasteiger partial charge in [-0.15, -0.1) is 11.3 Å². The number of aromatic nitrogens is 1. The van der Waals surface area contributed by atoms with Crippen molar-refractivity contribution in [3.63, 3.8) is 0 Å². The third kappa shape index (κ3) is 2.81. The Morgan fingerprint density at radius 1 is 1.47 bits per heavy atom. The van der Waals surface area contributed by atoms with Crippen molar-refractivity contribution in [1.82, 2.24) is 4.98 Å². The van der Waals surface area contributed by atoms with Crippen molar-refractivity contribution in [2.75, 3.05) is 7.11 Å². The van der Waals surface area contributed by atoms with Crippen LogP contribution in [0.15, 0.2) is 23.6 Å². The normalized spacial score (nSPS) is 10.5. The van der Waals surface area contributed by atoms with Crippen molar-refractivity contribution in [2.24, 2.45) is 5.73 Å². The summed E-state index contributed by atoms with van der Waals surface area (Å²) in [7, 11) is 1.45. The minimum atomic E-state index is -0.347. The average molecular weight is 252 g/mol. The van der Waals surface area contributed by atoms with Crippen LogP contribution in [0, 0.1) is 5.82 Å². The van der Waals surface area contributed by atoms with E-state index in [1.54, 1.807) is 6.07 Å². The van der Waals surface area contributed by atoms with Crippen molar-refractivity contribution in [3.05, 3.63) is 45.7 Å². The highest BCUT2D eigenvalue weighted by Gasteiger charge is 2.06. The highest BCUT2D eigenvalue weighted by Crippen LogP contribution is 2.20. The monoisotopic (exact) mass is 252 g/mol. The standard InChI is InChI=1S/C12H13FN2OS/c1-16-11-3-2-8(4-10(11)13)5-12-15-9(6-14)7-17-12/h2-4,7H,5-6,14H2,1H3. The molecule has 17 heavy (non-hydrogen) atoms. The van der Waals surface area contributed by atoms with Crippen LogP contribution in [0.2, 0.25) is 0 Å². The Morgan fingerprint density at radius 2 is 2.29 bits per heavy atom. The number of nitrogens with two attached hydrogens (primary N) is 1. The molecule has 5 heteroatoms. The number of hydrogen-bond acceptors (Lipinski definition) is 4. The number of rotatable bonds is 4. The summed E-state index contributed by atoms with van der Waals surface area (Å²) in [6.45, 7) is 0.438. The van der Waals surface area contributed by atoms with Gasteiger partial charge in [0.05, 0.1) is 17.8 Å². The Hall–Kier alpha value is -1.46. The van der Waals surface area contributed by atoms with E-state index < -0.39 is 0 Å². The molecule has 0 saturated carbocycles. The third-order valence-corrected chi connectivity index (χ3v) is 3.28. The van der Waals surface area contributed by atoms with E-state index >= 15 is 0 Å². The van der Waals surface area contributed by atoms with Crippen LogP contribution in [0.25, 0.3) is 0 Å². The first-order valence-electron chi connectivity index (χ1n) is 5.18. The van der Waals surface area contributed by atoms with E-state index in [2.05, 4.69) is 4.98 Å². The molecule has 0 saturated heterocycles. The zero-order chi connectivity index (χ0) is 12.3. The summed E-state index contributed by atoms with van der Waals surface area (Å²) in [5.41, 5.74) is 7.24. The highest BCUT2D eigenvalue weighted by molar-refractivity contribution is 7.09. The van der Waals surface area contributed by atoms with Gasteiger partial charge in [-0.3, -0.25) is 0 Å². The third-order valence-electron chi connectivity index (χ3n) is 2.38. The molecule has 2 N–H and O–H groups in total. The molecule has 90 valence electrons. The maximum absolute atomic E-state index is 13.5. The largest absolute Gasteiger partial charge is 0.494 e. The topological polar surface area (TPSA) is 48.1 Å². The number of thiazole rings is 1. The lowest BCUT2D eigenvalue weighted by Gasteiger charge is -2.03. The van der Waals surface area contributed by atoms with E-state index in [0.717, 1.165) is 16.3 Å². The van der Waals surface area contributed by atoms with Gasteiger partial charge in [0.1, 0.15) is 0 Å². The fourth-order valence-corrected chi connectivity index (χ4v) is 2.36. The van der Waals surface area contributed by atoms with Crippen LogP contribution in [-0.2, 0) is 13.0 Å². The molecule has 0 radical (unpaired) electrons. The molecular formula is C12H13FN2OS. The lowest BCUT2D eigenvalue weighted by molar-refractivity contribution is 0.386. The predicted octanol–water partition coefficient (Wildman–Crippen LogP) is 2.34. The van der Waals surface area contributed by atoms with E-state index in [0.29, 0.717) is 13.0 Å². The minimum Gasteiger partial charge on any atom is -0.494 e. The van der Waals surface area contributed by atoms with Gasteiger partial charge in [-0.2, -0.15) is 0 Å². The summed E-state index contributed by atoms with van der Waals surface area (Å²) < 4.78 is 18.3. The number of hydrogen-bond donors (Lipinski definition) is 1. The summed E-state index contributed by atoms with van der Waals surface area (Å²) in [5.74, 6) is -0.0869. The van der Waals surface area contributed by atoms with Crippen LogP contribution < -0.4 is 10.5 Å². The van der Waals surface area contributed by atoms with Gasteiger partial charge in [-0.05, 0) is 17.7 Å². The number of methoxy groups -OCH3 is 1. The first-order chi connectivity index (χ1) is 8.22. The zero-order valence-electron chi connectivity index (χ0n) is 9.44. The summed E-state index contributed by atoms with van der Waals surface area (Å²) >= 11 is 1.54. The molecule has 0 bridgehead atoms. The van der Waals surface area contributed by atoms with Crippen LogP contribution in [0.5, 0.6) is 5.75 Å². The molecule has 0 aliphatic carbocycles. The fraction of sp³-hybridized carbons (Fsp3) is 0.250. The second kappa shape index (κ2) is 5.25. The van der Waals surface area contributed by atoms with Crippen molar-refractivity contribution < 1.29 is 9.13 Å². The molecule has 0 aliphatic rings. The molecule has 0 unspecified atom stereocenters. The lowest BCUT2D eigenvalue weighted by atomic mass is 10.1. The smallest absolute Gasteiger partial charge is 0.165 e. The SMILES string of the molecule is COc1ccc(Cc2nc(CN)cs2)cc1F. The first-order valence-corrected chi connectivity index (χ1v) is 6.06. The van der Waals surface area contributed by atoms with Gasteiger partial charge in [0, 0.05) is 18.3 Å². The Balaban J connectivity index is 2.15. The predicted molar refractivity (Wildman–Crippen MR) is 65.8 cm³/mol. The van der Waals surface area contributed by atoms with E-state index in [9.17, 15) is 4.39 Å². The van der Waals surface area contributed by atoms with Gasteiger partial charge in [0.15, 0.2) is 11.6 Å². The van der Waals surface area contributed by atoms with Crippen molar-refractivity contribution in [3.8, 4) is 5.75 Å². The highest BCUT2D eigenvalue weighted by atomic mass is 32.1. The van der Waals surface area contributed by atoms with Gasteiger partial charge >= 0.3 is 0 Å². The van der Waals surface area contributed by atoms with Crippen LogP contribution in [-0.4, -0.2) is 12.1 Å². The molecule has 2 aromatic rings. The number of ether oxygens (including phenoxy) is 1. The van der Waals surface area contributed by atoms with Crippen molar-refractivity contribution in [2.45, 2.75) is 13.0 Å². The molecule has 0 aliphatic heterocycles. The van der Waals surface area contributed by atoms with E-state index in [-0.39, 0.29) is 11.6 Å². The first kappa shape index (κ1) is 12.0. The van der Waals surface area contributed by atoms with Gasteiger partial charge in [0.25, 0.3) is 0 Å². The lowest BCUT2D eigenvalue weighted by Crippen LogP contribution is -1.97. The van der Waals surface area contributed by atoms with E-state index in [1.807, 2.05) is 11.4 Å². The molecule has 0 atom stereocenters. The molecule has 1 heterocycles. The Kier molecular flexibility index (Phi) is 3.71. The van der Waals surface area contributed by atoms with Crippen LogP contribution in [0.3, 0.4) is 0 Å². The Labute approximate surface area is 103 Å². The average Bonchev–Trinajstić information content (AvgIpc) is 2.77. The van der Waals surface area contributed by atoms with Crippen LogP contribution >= 0.6 is 11.3 Å². The maximum Gasteiger partial charge on any atom is 0.165 e.